The molecule has 0 saturated carbocycles. The SMILES string of the molecule is CCN(CC(C)(C)CN)c1ccc(C(N)=O)cc1. The van der Waals surface area contributed by atoms with Crippen LogP contribution in [-0.4, -0.2) is 25.5 Å². The molecule has 4 nitrogen and oxygen atoms in total. The third-order valence-electron chi connectivity index (χ3n) is 3.07. The molecular formula is C14H23N3O. The van der Waals surface area contributed by atoms with E-state index in [4.69, 9.17) is 11.5 Å². The third-order valence-corrected chi connectivity index (χ3v) is 3.07. The van der Waals surface area contributed by atoms with Crippen LogP contribution in [0.5, 0.6) is 0 Å². The topological polar surface area (TPSA) is 72.3 Å². The molecule has 0 bridgehead atoms. The highest BCUT2D eigenvalue weighted by Crippen LogP contribution is 2.21. The van der Waals surface area contributed by atoms with E-state index in [-0.39, 0.29) is 5.41 Å². The fraction of sp³-hybridized carbons (Fsp3) is 0.500. The van der Waals surface area contributed by atoms with E-state index in [1.165, 1.54) is 0 Å². The largest absolute Gasteiger partial charge is 0.371 e. The highest BCUT2D eigenvalue weighted by Gasteiger charge is 2.19. The van der Waals surface area contributed by atoms with Crippen LogP contribution in [0.3, 0.4) is 0 Å². The Bertz CT molecular complexity index is 398. The van der Waals surface area contributed by atoms with Gasteiger partial charge in [-0.1, -0.05) is 13.8 Å². The van der Waals surface area contributed by atoms with Gasteiger partial charge in [0.25, 0.3) is 0 Å². The minimum absolute atomic E-state index is 0.0678. The van der Waals surface area contributed by atoms with Crippen molar-refractivity contribution in [3.63, 3.8) is 0 Å². The molecule has 0 fully saturated rings. The molecule has 0 radical (unpaired) electrons. The molecule has 4 N–H and O–H groups in total. The van der Waals surface area contributed by atoms with Gasteiger partial charge in [-0.05, 0) is 43.1 Å². The molecule has 1 aromatic rings. The van der Waals surface area contributed by atoms with Gasteiger partial charge in [0.05, 0.1) is 0 Å². The summed E-state index contributed by atoms with van der Waals surface area (Å²) in [6.45, 7) is 8.83. The van der Waals surface area contributed by atoms with Gasteiger partial charge in [-0.3, -0.25) is 4.79 Å². The van der Waals surface area contributed by atoms with Crippen molar-refractivity contribution in [3.8, 4) is 0 Å². The van der Waals surface area contributed by atoms with Crippen molar-refractivity contribution in [2.45, 2.75) is 20.8 Å². The Morgan fingerprint density at radius 2 is 1.83 bits per heavy atom. The number of primary amides is 1. The van der Waals surface area contributed by atoms with E-state index in [0.717, 1.165) is 18.8 Å². The van der Waals surface area contributed by atoms with Gasteiger partial charge in [0.15, 0.2) is 0 Å². The van der Waals surface area contributed by atoms with Crippen molar-refractivity contribution >= 4 is 11.6 Å². The predicted octanol–water partition coefficient (Wildman–Crippen LogP) is 1.60. The van der Waals surface area contributed by atoms with Crippen molar-refractivity contribution in [3.05, 3.63) is 29.8 Å². The van der Waals surface area contributed by atoms with E-state index in [0.29, 0.717) is 12.1 Å². The zero-order chi connectivity index (χ0) is 13.8. The van der Waals surface area contributed by atoms with Crippen LogP contribution >= 0.6 is 0 Å². The number of nitrogens with zero attached hydrogens (tertiary/aromatic N) is 1. The number of amides is 1. The Morgan fingerprint density at radius 1 is 1.28 bits per heavy atom. The summed E-state index contributed by atoms with van der Waals surface area (Å²) in [4.78, 5) is 13.3. The molecule has 0 spiro atoms. The molecular weight excluding hydrogens is 226 g/mol. The molecule has 0 aromatic heterocycles. The highest BCUT2D eigenvalue weighted by atomic mass is 16.1. The molecule has 1 rings (SSSR count). The van der Waals surface area contributed by atoms with E-state index in [9.17, 15) is 4.79 Å². The zero-order valence-electron chi connectivity index (χ0n) is 11.4. The number of rotatable bonds is 6. The number of hydrogen-bond donors (Lipinski definition) is 2. The first-order valence-electron chi connectivity index (χ1n) is 6.24. The van der Waals surface area contributed by atoms with Crippen LogP contribution < -0.4 is 16.4 Å². The van der Waals surface area contributed by atoms with Crippen LogP contribution in [0, 0.1) is 5.41 Å². The normalized spacial score (nSPS) is 11.3. The predicted molar refractivity (Wildman–Crippen MR) is 75.7 cm³/mol. The summed E-state index contributed by atoms with van der Waals surface area (Å²) in [5, 5.41) is 0. The maximum Gasteiger partial charge on any atom is 0.248 e. The number of nitrogens with two attached hydrogens (primary N) is 2. The third kappa shape index (κ3) is 3.74. The Hall–Kier alpha value is -1.55. The zero-order valence-corrected chi connectivity index (χ0v) is 11.4. The van der Waals surface area contributed by atoms with Gasteiger partial charge in [-0.15, -0.1) is 0 Å². The first kappa shape index (κ1) is 14.5. The summed E-state index contributed by atoms with van der Waals surface area (Å²) in [6, 6.07) is 7.37. The van der Waals surface area contributed by atoms with Gasteiger partial charge in [0.1, 0.15) is 0 Å². The number of carbonyl (C=O) groups is 1. The van der Waals surface area contributed by atoms with Crippen LogP contribution in [-0.2, 0) is 0 Å². The van der Waals surface area contributed by atoms with Crippen molar-refractivity contribution in [1.82, 2.24) is 0 Å². The number of benzene rings is 1. The van der Waals surface area contributed by atoms with Crippen molar-refractivity contribution in [2.24, 2.45) is 16.9 Å². The Morgan fingerprint density at radius 3 is 2.22 bits per heavy atom. The fourth-order valence-electron chi connectivity index (χ4n) is 1.80. The molecule has 1 aromatic carbocycles. The minimum Gasteiger partial charge on any atom is -0.371 e. The number of hydrogen-bond acceptors (Lipinski definition) is 3. The lowest BCUT2D eigenvalue weighted by molar-refractivity contribution is 0.100. The summed E-state index contributed by atoms with van der Waals surface area (Å²) >= 11 is 0. The van der Waals surface area contributed by atoms with E-state index in [1.54, 1.807) is 12.1 Å². The fourth-order valence-corrected chi connectivity index (χ4v) is 1.80. The van der Waals surface area contributed by atoms with E-state index < -0.39 is 5.91 Å². The molecule has 0 aliphatic rings. The molecule has 0 unspecified atom stereocenters. The van der Waals surface area contributed by atoms with Gasteiger partial charge in [-0.2, -0.15) is 0 Å². The van der Waals surface area contributed by atoms with Gasteiger partial charge < -0.3 is 16.4 Å². The second-order valence-corrected chi connectivity index (χ2v) is 5.29. The molecule has 100 valence electrons. The summed E-state index contributed by atoms with van der Waals surface area (Å²) in [6.07, 6.45) is 0. The first-order valence-corrected chi connectivity index (χ1v) is 6.24. The maximum absolute atomic E-state index is 11.0. The Balaban J connectivity index is 2.86. The molecule has 18 heavy (non-hydrogen) atoms. The summed E-state index contributed by atoms with van der Waals surface area (Å²) in [5.74, 6) is -0.396. The van der Waals surface area contributed by atoms with Crippen LogP contribution in [0.15, 0.2) is 24.3 Å². The van der Waals surface area contributed by atoms with Gasteiger partial charge in [0, 0.05) is 24.3 Å². The lowest BCUT2D eigenvalue weighted by Crippen LogP contribution is -2.38. The molecule has 0 aliphatic heterocycles. The first-order chi connectivity index (χ1) is 8.39. The van der Waals surface area contributed by atoms with Crippen LogP contribution in [0.4, 0.5) is 5.69 Å². The second kappa shape index (κ2) is 5.87. The molecule has 0 atom stereocenters. The minimum atomic E-state index is -0.396. The van der Waals surface area contributed by atoms with Gasteiger partial charge >= 0.3 is 0 Å². The molecule has 0 heterocycles. The molecule has 1 amide bonds. The van der Waals surface area contributed by atoms with Crippen LogP contribution in [0.2, 0.25) is 0 Å². The number of anilines is 1. The number of carbonyl (C=O) groups excluding carboxylic acids is 1. The summed E-state index contributed by atoms with van der Waals surface area (Å²) < 4.78 is 0. The van der Waals surface area contributed by atoms with E-state index >= 15 is 0 Å². The van der Waals surface area contributed by atoms with Crippen molar-refractivity contribution < 1.29 is 4.79 Å². The Labute approximate surface area is 109 Å². The monoisotopic (exact) mass is 249 g/mol. The standard InChI is InChI=1S/C14H23N3O/c1-4-17(10-14(2,3)9-15)12-7-5-11(6-8-12)13(16)18/h5-8H,4,9-10,15H2,1-3H3,(H2,16,18). The van der Waals surface area contributed by atoms with Gasteiger partial charge in [-0.25, -0.2) is 0 Å². The van der Waals surface area contributed by atoms with Crippen LogP contribution in [0.25, 0.3) is 0 Å². The van der Waals surface area contributed by atoms with Gasteiger partial charge in [0.2, 0.25) is 5.91 Å². The maximum atomic E-state index is 11.0. The molecule has 0 aliphatic carbocycles. The quantitative estimate of drug-likeness (QED) is 0.804. The smallest absolute Gasteiger partial charge is 0.248 e. The lowest BCUT2D eigenvalue weighted by Gasteiger charge is -2.32. The average molecular weight is 249 g/mol. The van der Waals surface area contributed by atoms with Crippen molar-refractivity contribution in [1.29, 1.82) is 0 Å². The molecule has 0 saturated heterocycles. The summed E-state index contributed by atoms with van der Waals surface area (Å²) in [5.41, 5.74) is 12.7. The second-order valence-electron chi connectivity index (χ2n) is 5.29. The molecule has 4 heteroatoms. The van der Waals surface area contributed by atoms with E-state index in [1.807, 2.05) is 12.1 Å². The average Bonchev–Trinajstić information content (AvgIpc) is 2.36. The van der Waals surface area contributed by atoms with Crippen LogP contribution in [0.1, 0.15) is 31.1 Å². The lowest BCUT2D eigenvalue weighted by atomic mass is 9.93. The van der Waals surface area contributed by atoms with Crippen molar-refractivity contribution in [2.75, 3.05) is 24.5 Å². The Kier molecular flexibility index (Phi) is 4.73. The summed E-state index contributed by atoms with van der Waals surface area (Å²) in [7, 11) is 0. The van der Waals surface area contributed by atoms with E-state index in [2.05, 4.69) is 25.7 Å². The highest BCUT2D eigenvalue weighted by molar-refractivity contribution is 5.93.